The maximum atomic E-state index is 12.6. The molecule has 2 aliphatic rings. The molecule has 1 aliphatic carbocycles. The monoisotopic (exact) mass is 576 g/mol. The standard InChI is InChI=1S/C26H32N4O3S.C3H6F2O/c1-30-16-26(28-18-30)34(31,32)29-15-21-9-10-25-23(14-21)22(13-20-5-3-2-4-6-20)24(17-33-25)27-12-11-19-7-8-19;1-3(4,5)2-6/h2-6,9-10,14,16,18-19,22,24,27,29H,7-8,11-13,15,17H2,1H3;6H,2H2,1H3. The van der Waals surface area contributed by atoms with Crippen molar-refractivity contribution < 1.29 is 27.0 Å². The molecule has 1 saturated carbocycles. The molecular weight excluding hydrogens is 538 g/mol. The number of aliphatic hydroxyl groups excluding tert-OH is 1. The van der Waals surface area contributed by atoms with Gasteiger partial charge in [0.1, 0.15) is 19.0 Å². The number of nitrogens with one attached hydrogen (secondary N) is 2. The van der Waals surface area contributed by atoms with E-state index in [0.717, 1.165) is 35.8 Å². The van der Waals surface area contributed by atoms with Gasteiger partial charge in [0.2, 0.25) is 0 Å². The molecule has 0 amide bonds. The SMILES string of the molecule is CC(F)(F)CO.Cn1cnc(S(=O)(=O)NCc2ccc3c(c2)C(Cc2ccccc2)C(NCCC2CC2)CO3)c1. The number of alkyl halides is 2. The van der Waals surface area contributed by atoms with E-state index in [-0.39, 0.29) is 23.5 Å². The van der Waals surface area contributed by atoms with E-state index in [1.165, 1.54) is 37.4 Å². The minimum absolute atomic E-state index is 0.0261. The highest BCUT2D eigenvalue weighted by molar-refractivity contribution is 7.89. The van der Waals surface area contributed by atoms with Crippen molar-refractivity contribution >= 4 is 10.0 Å². The van der Waals surface area contributed by atoms with Gasteiger partial charge in [-0.3, -0.25) is 0 Å². The summed E-state index contributed by atoms with van der Waals surface area (Å²) in [4.78, 5) is 3.97. The molecule has 2 unspecified atom stereocenters. The Morgan fingerprint density at radius 1 is 1.15 bits per heavy atom. The molecular formula is C29H38F2N4O4S. The van der Waals surface area contributed by atoms with Gasteiger partial charge in [-0.05, 0) is 48.1 Å². The molecule has 0 saturated heterocycles. The largest absolute Gasteiger partial charge is 0.492 e. The van der Waals surface area contributed by atoms with Gasteiger partial charge in [0.05, 0.1) is 6.33 Å². The Bertz CT molecular complexity index is 1340. The summed E-state index contributed by atoms with van der Waals surface area (Å²) in [5.74, 6) is -0.884. The predicted octanol–water partition coefficient (Wildman–Crippen LogP) is 4.01. The summed E-state index contributed by atoms with van der Waals surface area (Å²) in [7, 11) is -1.92. The summed E-state index contributed by atoms with van der Waals surface area (Å²) < 4.78 is 58.1. The fraction of sp³-hybridized carbons (Fsp3) is 0.483. The Morgan fingerprint density at radius 2 is 1.88 bits per heavy atom. The Morgan fingerprint density at radius 3 is 2.50 bits per heavy atom. The number of hydrogen-bond donors (Lipinski definition) is 3. The molecule has 218 valence electrons. The predicted molar refractivity (Wildman–Crippen MR) is 149 cm³/mol. The lowest BCUT2D eigenvalue weighted by molar-refractivity contribution is -0.0322. The van der Waals surface area contributed by atoms with E-state index in [2.05, 4.69) is 45.4 Å². The van der Waals surface area contributed by atoms with Crippen LogP contribution in [0.1, 0.15) is 48.8 Å². The molecule has 3 N–H and O–H groups in total. The van der Waals surface area contributed by atoms with E-state index in [1.807, 2.05) is 18.2 Å². The van der Waals surface area contributed by atoms with Gasteiger partial charge < -0.3 is 19.7 Å². The summed E-state index contributed by atoms with van der Waals surface area (Å²) in [6.45, 7) is 1.44. The lowest BCUT2D eigenvalue weighted by Crippen LogP contribution is -2.44. The van der Waals surface area contributed by atoms with Gasteiger partial charge in [-0.1, -0.05) is 55.3 Å². The Hall–Kier alpha value is -2.86. The molecule has 40 heavy (non-hydrogen) atoms. The molecule has 5 rings (SSSR count). The van der Waals surface area contributed by atoms with Crippen molar-refractivity contribution in [2.24, 2.45) is 13.0 Å². The number of sulfonamides is 1. The number of benzene rings is 2. The fourth-order valence-electron chi connectivity index (χ4n) is 4.62. The number of aryl methyl sites for hydroxylation is 1. The first-order valence-electron chi connectivity index (χ1n) is 13.5. The van der Waals surface area contributed by atoms with Crippen LogP contribution in [-0.4, -0.2) is 54.8 Å². The van der Waals surface area contributed by atoms with E-state index in [1.54, 1.807) is 11.6 Å². The lowest BCUT2D eigenvalue weighted by Gasteiger charge is -2.35. The van der Waals surface area contributed by atoms with Crippen LogP contribution in [-0.2, 0) is 30.0 Å². The molecule has 2 heterocycles. The van der Waals surface area contributed by atoms with Crippen molar-refractivity contribution in [1.29, 1.82) is 0 Å². The molecule has 0 radical (unpaired) electrons. The van der Waals surface area contributed by atoms with Gasteiger partial charge in [-0.25, -0.2) is 26.9 Å². The second kappa shape index (κ2) is 13.2. The Kier molecular flexibility index (Phi) is 9.94. The molecule has 11 heteroatoms. The van der Waals surface area contributed by atoms with E-state index >= 15 is 0 Å². The average molecular weight is 577 g/mol. The first-order chi connectivity index (χ1) is 19.0. The van der Waals surface area contributed by atoms with Gasteiger partial charge in [0, 0.05) is 38.7 Å². The van der Waals surface area contributed by atoms with E-state index in [9.17, 15) is 17.2 Å². The van der Waals surface area contributed by atoms with Crippen molar-refractivity contribution in [3.63, 3.8) is 0 Å². The maximum Gasteiger partial charge on any atom is 0.267 e. The zero-order chi connectivity index (χ0) is 28.8. The molecule has 3 aromatic rings. The molecule has 8 nitrogen and oxygen atoms in total. The quantitative estimate of drug-likeness (QED) is 0.319. The van der Waals surface area contributed by atoms with Crippen molar-refractivity contribution in [3.05, 3.63) is 77.7 Å². The number of aliphatic hydroxyl groups is 1. The third-order valence-corrected chi connectivity index (χ3v) is 8.32. The minimum Gasteiger partial charge on any atom is -0.492 e. The number of rotatable bonds is 11. The zero-order valence-electron chi connectivity index (χ0n) is 22.9. The van der Waals surface area contributed by atoms with Gasteiger partial charge in [0.15, 0.2) is 5.03 Å². The molecule has 1 aromatic heterocycles. The Balaban J connectivity index is 0.000000557. The molecule has 1 fully saturated rings. The highest BCUT2D eigenvalue weighted by Crippen LogP contribution is 2.37. The van der Waals surface area contributed by atoms with Crippen LogP contribution < -0.4 is 14.8 Å². The van der Waals surface area contributed by atoms with Gasteiger partial charge in [-0.15, -0.1) is 0 Å². The summed E-state index contributed by atoms with van der Waals surface area (Å²) >= 11 is 0. The second-order valence-corrected chi connectivity index (χ2v) is 12.4. The summed E-state index contributed by atoms with van der Waals surface area (Å²) in [5.41, 5.74) is 3.32. The fourth-order valence-corrected chi connectivity index (χ4v) is 5.62. The summed E-state index contributed by atoms with van der Waals surface area (Å²) in [6.07, 6.45) is 7.82. The van der Waals surface area contributed by atoms with Crippen LogP contribution in [0.15, 0.2) is 66.1 Å². The van der Waals surface area contributed by atoms with Crippen molar-refractivity contribution in [2.75, 3.05) is 19.8 Å². The van der Waals surface area contributed by atoms with Crippen LogP contribution in [0, 0.1) is 5.92 Å². The molecule has 1 aliphatic heterocycles. The summed E-state index contributed by atoms with van der Waals surface area (Å²) in [6, 6.07) is 16.7. The van der Waals surface area contributed by atoms with Crippen LogP contribution in [0.4, 0.5) is 8.78 Å². The smallest absolute Gasteiger partial charge is 0.267 e. The number of aromatic nitrogens is 2. The topological polar surface area (TPSA) is 105 Å². The molecule has 2 atom stereocenters. The third-order valence-electron chi connectivity index (χ3n) is 7.03. The van der Waals surface area contributed by atoms with Crippen molar-refractivity contribution in [3.8, 4) is 5.75 Å². The van der Waals surface area contributed by atoms with Crippen LogP contribution in [0.5, 0.6) is 5.75 Å². The van der Waals surface area contributed by atoms with Gasteiger partial charge in [-0.2, -0.15) is 0 Å². The van der Waals surface area contributed by atoms with Crippen molar-refractivity contribution in [1.82, 2.24) is 19.6 Å². The first-order valence-corrected chi connectivity index (χ1v) is 15.0. The highest BCUT2D eigenvalue weighted by Gasteiger charge is 2.32. The molecule has 0 bridgehead atoms. The number of ether oxygens (including phenoxy) is 1. The first kappa shape index (κ1) is 30.1. The minimum atomic E-state index is -3.67. The van der Waals surface area contributed by atoms with Crippen LogP contribution in [0.3, 0.4) is 0 Å². The average Bonchev–Trinajstić information content (AvgIpc) is 3.65. The number of nitrogens with zero attached hydrogens (tertiary/aromatic N) is 2. The number of hydrogen-bond acceptors (Lipinski definition) is 6. The Labute approximate surface area is 234 Å². The number of fused-ring (bicyclic) bond motifs is 1. The second-order valence-electron chi connectivity index (χ2n) is 10.7. The van der Waals surface area contributed by atoms with Gasteiger partial charge in [0.25, 0.3) is 15.9 Å². The van der Waals surface area contributed by atoms with Crippen LogP contribution in [0.25, 0.3) is 0 Å². The third kappa shape index (κ3) is 8.82. The normalized spacial score (nSPS) is 18.8. The van der Waals surface area contributed by atoms with E-state index in [4.69, 9.17) is 9.84 Å². The van der Waals surface area contributed by atoms with E-state index in [0.29, 0.717) is 13.5 Å². The molecule has 0 spiro atoms. The molecule has 2 aromatic carbocycles. The van der Waals surface area contributed by atoms with Gasteiger partial charge >= 0.3 is 0 Å². The number of imidazole rings is 1. The maximum absolute atomic E-state index is 12.6. The highest BCUT2D eigenvalue weighted by atomic mass is 32.2. The van der Waals surface area contributed by atoms with E-state index < -0.39 is 22.6 Å². The van der Waals surface area contributed by atoms with Crippen LogP contribution in [0.2, 0.25) is 0 Å². The number of halogens is 2. The lowest BCUT2D eigenvalue weighted by atomic mass is 9.83. The summed E-state index contributed by atoms with van der Waals surface area (Å²) in [5, 5.41) is 11.4. The zero-order valence-corrected chi connectivity index (χ0v) is 23.7. The van der Waals surface area contributed by atoms with Crippen molar-refractivity contribution in [2.45, 2.75) is 62.1 Å². The van der Waals surface area contributed by atoms with Crippen LogP contribution >= 0.6 is 0 Å².